The lowest BCUT2D eigenvalue weighted by molar-refractivity contribution is -0.146. The number of nitrogens with zero attached hydrogens (tertiary/aromatic N) is 1. The number of benzene rings is 2. The van der Waals surface area contributed by atoms with E-state index in [1.807, 2.05) is 37.3 Å². The molecule has 8 heteroatoms. The highest BCUT2D eigenvalue weighted by atomic mass is 32.1. The highest BCUT2D eigenvalue weighted by molar-refractivity contribution is 7.09. The van der Waals surface area contributed by atoms with Gasteiger partial charge in [0.25, 0.3) is 5.91 Å². The Morgan fingerprint density at radius 3 is 2.52 bits per heavy atom. The van der Waals surface area contributed by atoms with Crippen molar-refractivity contribution in [2.75, 3.05) is 5.32 Å². The fraction of sp³-hybridized carbons (Fsp3) is 0.217. The molecule has 0 aliphatic heterocycles. The number of anilines is 1. The molecule has 3 aromatic rings. The van der Waals surface area contributed by atoms with Crippen LogP contribution in [0, 0.1) is 6.92 Å². The fourth-order valence-electron chi connectivity index (χ4n) is 2.74. The largest absolute Gasteiger partial charge is 0.458 e. The Hall–Kier alpha value is -3.52. The van der Waals surface area contributed by atoms with Gasteiger partial charge in [-0.1, -0.05) is 36.4 Å². The molecule has 0 aliphatic rings. The summed E-state index contributed by atoms with van der Waals surface area (Å²) in [5, 5.41) is 7.85. The van der Waals surface area contributed by atoms with E-state index in [1.54, 1.807) is 36.6 Å². The molecule has 0 spiro atoms. The maximum absolute atomic E-state index is 12.2. The number of thiazole rings is 1. The van der Waals surface area contributed by atoms with Crippen molar-refractivity contribution >= 4 is 34.8 Å². The summed E-state index contributed by atoms with van der Waals surface area (Å²) in [4.78, 5) is 40.9. The average molecular weight is 438 g/mol. The third-order valence-corrected chi connectivity index (χ3v) is 5.33. The quantitative estimate of drug-likeness (QED) is 0.526. The van der Waals surface area contributed by atoms with E-state index >= 15 is 0 Å². The molecule has 1 aromatic heterocycles. The monoisotopic (exact) mass is 437 g/mol. The van der Waals surface area contributed by atoms with Gasteiger partial charge in [-0.3, -0.25) is 9.59 Å². The Kier molecular flexibility index (Phi) is 7.50. The first-order valence-electron chi connectivity index (χ1n) is 9.73. The molecule has 0 unspecified atom stereocenters. The Morgan fingerprint density at radius 1 is 1.06 bits per heavy atom. The Morgan fingerprint density at radius 2 is 1.77 bits per heavy atom. The molecule has 0 saturated carbocycles. The number of esters is 1. The van der Waals surface area contributed by atoms with Crippen LogP contribution < -0.4 is 10.6 Å². The molecule has 0 fully saturated rings. The van der Waals surface area contributed by atoms with Crippen molar-refractivity contribution in [2.45, 2.75) is 32.9 Å². The van der Waals surface area contributed by atoms with Crippen LogP contribution in [0.25, 0.3) is 0 Å². The van der Waals surface area contributed by atoms with Crippen molar-refractivity contribution in [3.8, 4) is 0 Å². The standard InChI is InChI=1S/C23H23N3O4S/c1-15-8-6-7-11-19(15)26-20(27)12-21-25-18(14-31-21)13-30-23(29)16(2)24-22(28)17-9-4-3-5-10-17/h3-11,14,16H,12-13H2,1-2H3,(H,24,28)(H,26,27)/t16-/m0/s1. The van der Waals surface area contributed by atoms with E-state index in [2.05, 4.69) is 15.6 Å². The van der Waals surface area contributed by atoms with Crippen LogP contribution in [0.5, 0.6) is 0 Å². The second-order valence-electron chi connectivity index (χ2n) is 6.94. The predicted octanol–water partition coefficient (Wildman–Crippen LogP) is 3.49. The van der Waals surface area contributed by atoms with Gasteiger partial charge in [0.2, 0.25) is 5.91 Å². The second-order valence-corrected chi connectivity index (χ2v) is 7.88. The van der Waals surface area contributed by atoms with Gasteiger partial charge in [-0.2, -0.15) is 0 Å². The molecule has 2 N–H and O–H groups in total. The third-order valence-electron chi connectivity index (χ3n) is 4.43. The maximum Gasteiger partial charge on any atom is 0.328 e. The molecule has 0 bridgehead atoms. The number of aryl methyl sites for hydroxylation is 1. The lowest BCUT2D eigenvalue weighted by atomic mass is 10.2. The molecule has 2 amide bonds. The minimum absolute atomic E-state index is 0.0275. The van der Waals surface area contributed by atoms with Crippen LogP contribution in [0.3, 0.4) is 0 Å². The minimum atomic E-state index is -0.800. The number of nitrogens with one attached hydrogen (secondary N) is 2. The normalized spacial score (nSPS) is 11.4. The Balaban J connectivity index is 1.46. The summed E-state index contributed by atoms with van der Waals surface area (Å²) in [6.07, 6.45) is 0.135. The zero-order chi connectivity index (χ0) is 22.2. The zero-order valence-corrected chi connectivity index (χ0v) is 18.1. The first kappa shape index (κ1) is 22.2. The molecule has 2 aromatic carbocycles. The fourth-order valence-corrected chi connectivity index (χ4v) is 3.52. The number of hydrogen-bond donors (Lipinski definition) is 2. The van der Waals surface area contributed by atoms with Crippen LogP contribution in [0.15, 0.2) is 60.0 Å². The van der Waals surface area contributed by atoms with Crippen LogP contribution in [0.2, 0.25) is 0 Å². The van der Waals surface area contributed by atoms with Crippen molar-refractivity contribution in [3.05, 3.63) is 81.8 Å². The van der Waals surface area contributed by atoms with Gasteiger partial charge in [-0.15, -0.1) is 11.3 Å². The van der Waals surface area contributed by atoms with Gasteiger partial charge in [-0.05, 0) is 37.6 Å². The smallest absolute Gasteiger partial charge is 0.328 e. The van der Waals surface area contributed by atoms with Crippen LogP contribution in [0.4, 0.5) is 5.69 Å². The summed E-state index contributed by atoms with van der Waals surface area (Å²) in [5.74, 6) is -1.07. The number of carbonyl (C=O) groups is 3. The highest BCUT2D eigenvalue weighted by Crippen LogP contribution is 2.16. The minimum Gasteiger partial charge on any atom is -0.458 e. The number of carbonyl (C=O) groups excluding carboxylic acids is 3. The molecule has 7 nitrogen and oxygen atoms in total. The van der Waals surface area contributed by atoms with Gasteiger partial charge in [-0.25, -0.2) is 9.78 Å². The zero-order valence-electron chi connectivity index (χ0n) is 17.3. The van der Waals surface area contributed by atoms with Gasteiger partial charge in [0.1, 0.15) is 17.7 Å². The molecule has 160 valence electrons. The Bertz CT molecular complexity index is 1070. The van der Waals surface area contributed by atoms with E-state index in [0.29, 0.717) is 16.3 Å². The van der Waals surface area contributed by atoms with Crippen molar-refractivity contribution in [1.82, 2.24) is 10.3 Å². The number of aromatic nitrogens is 1. The summed E-state index contributed by atoms with van der Waals surface area (Å²) in [6, 6.07) is 15.4. The first-order valence-corrected chi connectivity index (χ1v) is 10.6. The number of para-hydroxylation sites is 1. The number of ether oxygens (including phenoxy) is 1. The lowest BCUT2D eigenvalue weighted by Crippen LogP contribution is -2.39. The summed E-state index contributed by atoms with van der Waals surface area (Å²) in [5.41, 5.74) is 2.77. The molecule has 0 radical (unpaired) electrons. The van der Waals surface area contributed by atoms with E-state index < -0.39 is 12.0 Å². The predicted molar refractivity (Wildman–Crippen MR) is 119 cm³/mol. The number of hydrogen-bond acceptors (Lipinski definition) is 6. The molecular weight excluding hydrogens is 414 g/mol. The highest BCUT2D eigenvalue weighted by Gasteiger charge is 2.18. The summed E-state index contributed by atoms with van der Waals surface area (Å²) >= 11 is 1.33. The van der Waals surface area contributed by atoms with Gasteiger partial charge in [0.05, 0.1) is 12.1 Å². The van der Waals surface area contributed by atoms with Crippen LogP contribution >= 0.6 is 11.3 Å². The van der Waals surface area contributed by atoms with E-state index in [9.17, 15) is 14.4 Å². The average Bonchev–Trinajstić information content (AvgIpc) is 3.21. The van der Waals surface area contributed by atoms with E-state index in [0.717, 1.165) is 11.3 Å². The molecule has 1 atom stereocenters. The van der Waals surface area contributed by atoms with Crippen molar-refractivity contribution < 1.29 is 19.1 Å². The summed E-state index contributed by atoms with van der Waals surface area (Å²) in [6.45, 7) is 3.46. The van der Waals surface area contributed by atoms with Crippen molar-refractivity contribution in [1.29, 1.82) is 0 Å². The van der Waals surface area contributed by atoms with Crippen LogP contribution in [-0.2, 0) is 27.4 Å². The molecule has 1 heterocycles. The number of rotatable bonds is 8. The van der Waals surface area contributed by atoms with Crippen molar-refractivity contribution in [2.24, 2.45) is 0 Å². The Labute approximate surface area is 184 Å². The SMILES string of the molecule is Cc1ccccc1NC(=O)Cc1nc(COC(=O)[C@H](C)NC(=O)c2ccccc2)cs1. The van der Waals surface area contributed by atoms with Gasteiger partial charge in [0, 0.05) is 16.6 Å². The summed E-state index contributed by atoms with van der Waals surface area (Å²) in [7, 11) is 0. The summed E-state index contributed by atoms with van der Waals surface area (Å²) < 4.78 is 5.25. The molecule has 0 aliphatic carbocycles. The number of amides is 2. The van der Waals surface area contributed by atoms with Gasteiger partial charge >= 0.3 is 5.97 Å². The van der Waals surface area contributed by atoms with Crippen LogP contribution in [-0.4, -0.2) is 28.8 Å². The van der Waals surface area contributed by atoms with Gasteiger partial charge < -0.3 is 15.4 Å². The topological polar surface area (TPSA) is 97.4 Å². The molecular formula is C23H23N3O4S. The molecule has 3 rings (SSSR count). The van der Waals surface area contributed by atoms with Crippen molar-refractivity contribution in [3.63, 3.8) is 0 Å². The van der Waals surface area contributed by atoms with E-state index in [4.69, 9.17) is 4.74 Å². The first-order chi connectivity index (χ1) is 14.9. The van der Waals surface area contributed by atoms with Crippen LogP contribution in [0.1, 0.15) is 33.5 Å². The maximum atomic E-state index is 12.2. The molecule has 0 saturated heterocycles. The molecule has 31 heavy (non-hydrogen) atoms. The second kappa shape index (κ2) is 10.5. The van der Waals surface area contributed by atoms with E-state index in [-0.39, 0.29) is 24.8 Å². The third kappa shape index (κ3) is 6.48. The van der Waals surface area contributed by atoms with E-state index in [1.165, 1.54) is 11.3 Å². The van der Waals surface area contributed by atoms with Gasteiger partial charge in [0.15, 0.2) is 0 Å². The lowest BCUT2D eigenvalue weighted by Gasteiger charge is -2.13.